The molecular formula is C10H20O2P-. The summed E-state index contributed by atoms with van der Waals surface area (Å²) in [4.78, 5) is 10.5. The molecule has 3 atom stereocenters. The van der Waals surface area contributed by atoms with Crippen molar-refractivity contribution in [3.05, 3.63) is 0 Å². The lowest BCUT2D eigenvalue weighted by atomic mass is 9.71. The van der Waals surface area contributed by atoms with Crippen molar-refractivity contribution in [1.82, 2.24) is 0 Å². The average Bonchev–Trinajstić information content (AvgIpc) is 2.04. The molecule has 0 radical (unpaired) electrons. The molecule has 1 saturated carbocycles. The maximum atomic E-state index is 10.5. The molecule has 78 valence electrons. The molecule has 1 rings (SSSR count). The minimum absolute atomic E-state index is 0.226. The van der Waals surface area contributed by atoms with E-state index >= 15 is 0 Å². The standard InChI is InChI=1S/C10H20O2P/c1-10(2,3)8-6-4-5-7-9(8)12-13-11/h8-9,13H,4-7H2,1-3H3/q-1. The number of rotatable bonds is 2. The van der Waals surface area contributed by atoms with Crippen molar-refractivity contribution in [2.24, 2.45) is 11.3 Å². The van der Waals surface area contributed by atoms with Crippen LogP contribution in [-0.4, -0.2) is 6.10 Å². The zero-order valence-corrected chi connectivity index (χ0v) is 9.80. The maximum Gasteiger partial charge on any atom is 0.0631 e. The average molecular weight is 203 g/mol. The van der Waals surface area contributed by atoms with Crippen LogP contribution < -0.4 is 4.89 Å². The van der Waals surface area contributed by atoms with Crippen molar-refractivity contribution in [1.29, 1.82) is 0 Å². The minimum Gasteiger partial charge on any atom is -0.810 e. The van der Waals surface area contributed by atoms with Gasteiger partial charge in [-0.15, -0.1) is 0 Å². The second-order valence-corrected chi connectivity index (χ2v) is 5.40. The van der Waals surface area contributed by atoms with Crippen LogP contribution in [0.2, 0.25) is 0 Å². The molecule has 0 saturated heterocycles. The first-order chi connectivity index (χ1) is 6.05. The summed E-state index contributed by atoms with van der Waals surface area (Å²) in [6.07, 6.45) is 5.05. The fraction of sp³-hybridized carbons (Fsp3) is 1.00. The molecule has 0 heterocycles. The third-order valence-electron chi connectivity index (χ3n) is 3.01. The summed E-state index contributed by atoms with van der Waals surface area (Å²) in [5.74, 6) is 0.572. The highest BCUT2D eigenvalue weighted by molar-refractivity contribution is 7.23. The Morgan fingerprint density at radius 3 is 2.38 bits per heavy atom. The fourth-order valence-corrected chi connectivity index (χ4v) is 2.70. The summed E-state index contributed by atoms with van der Waals surface area (Å²) in [5.41, 5.74) is 0.282. The molecular weight excluding hydrogens is 183 g/mol. The van der Waals surface area contributed by atoms with E-state index in [1.54, 1.807) is 0 Å². The zero-order chi connectivity index (χ0) is 9.90. The molecule has 2 nitrogen and oxygen atoms in total. The topological polar surface area (TPSA) is 32.3 Å². The largest absolute Gasteiger partial charge is 0.810 e. The van der Waals surface area contributed by atoms with E-state index in [1.807, 2.05) is 0 Å². The van der Waals surface area contributed by atoms with Crippen LogP contribution in [0.3, 0.4) is 0 Å². The molecule has 0 aromatic heterocycles. The first-order valence-corrected chi connectivity index (χ1v) is 5.90. The molecule has 0 amide bonds. The van der Waals surface area contributed by atoms with Gasteiger partial charge in [-0.25, -0.2) is 0 Å². The van der Waals surface area contributed by atoms with Crippen LogP contribution in [0.15, 0.2) is 0 Å². The van der Waals surface area contributed by atoms with E-state index in [9.17, 15) is 4.89 Å². The van der Waals surface area contributed by atoms with Crippen molar-refractivity contribution >= 4 is 9.03 Å². The van der Waals surface area contributed by atoms with Gasteiger partial charge < -0.3 is 9.42 Å². The molecule has 0 aromatic carbocycles. The molecule has 1 aliphatic carbocycles. The summed E-state index contributed by atoms with van der Waals surface area (Å²) < 4.78 is 5.29. The van der Waals surface area contributed by atoms with Gasteiger partial charge in [0.15, 0.2) is 0 Å². The Bertz CT molecular complexity index is 151. The van der Waals surface area contributed by atoms with Gasteiger partial charge in [0.05, 0.1) is 6.10 Å². The lowest BCUT2D eigenvalue weighted by Crippen LogP contribution is -2.35. The van der Waals surface area contributed by atoms with Gasteiger partial charge >= 0.3 is 0 Å². The smallest absolute Gasteiger partial charge is 0.0631 e. The SMILES string of the molecule is CC(C)(C)C1CCCCC1OP[O-]. The summed E-state index contributed by atoms with van der Waals surface area (Å²) in [7, 11) is -0.596. The maximum absolute atomic E-state index is 10.5. The van der Waals surface area contributed by atoms with Gasteiger partial charge in [0, 0.05) is 0 Å². The van der Waals surface area contributed by atoms with E-state index in [1.165, 1.54) is 19.3 Å². The third kappa shape index (κ3) is 3.19. The second kappa shape index (κ2) is 4.72. The van der Waals surface area contributed by atoms with Crippen LogP contribution in [0.1, 0.15) is 46.5 Å². The molecule has 0 bridgehead atoms. The Kier molecular flexibility index (Phi) is 4.15. The summed E-state index contributed by atoms with van der Waals surface area (Å²) in [5, 5.41) is 0. The first kappa shape index (κ1) is 11.4. The predicted octanol–water partition coefficient (Wildman–Crippen LogP) is 2.48. The van der Waals surface area contributed by atoms with Crippen LogP contribution in [0.25, 0.3) is 0 Å². The van der Waals surface area contributed by atoms with Crippen LogP contribution in [0.5, 0.6) is 0 Å². The predicted molar refractivity (Wildman–Crippen MR) is 54.6 cm³/mol. The van der Waals surface area contributed by atoms with E-state index in [0.29, 0.717) is 5.92 Å². The molecule has 0 aliphatic heterocycles. The number of hydrogen-bond acceptors (Lipinski definition) is 2. The van der Waals surface area contributed by atoms with E-state index in [0.717, 1.165) is 6.42 Å². The molecule has 0 spiro atoms. The van der Waals surface area contributed by atoms with E-state index in [-0.39, 0.29) is 11.5 Å². The van der Waals surface area contributed by atoms with Crippen molar-refractivity contribution in [3.63, 3.8) is 0 Å². The minimum atomic E-state index is -0.596. The van der Waals surface area contributed by atoms with Crippen LogP contribution >= 0.6 is 9.03 Å². The van der Waals surface area contributed by atoms with E-state index in [4.69, 9.17) is 4.52 Å². The molecule has 1 aliphatic rings. The summed E-state index contributed by atoms with van der Waals surface area (Å²) in [6.45, 7) is 6.73. The van der Waals surface area contributed by atoms with Crippen molar-refractivity contribution in [2.75, 3.05) is 0 Å². The van der Waals surface area contributed by atoms with Gasteiger partial charge in [0.25, 0.3) is 0 Å². The van der Waals surface area contributed by atoms with Crippen LogP contribution in [0.4, 0.5) is 0 Å². The summed E-state index contributed by atoms with van der Waals surface area (Å²) in [6, 6.07) is 0. The van der Waals surface area contributed by atoms with Gasteiger partial charge in [-0.1, -0.05) is 42.6 Å². The Balaban J connectivity index is 2.56. The van der Waals surface area contributed by atoms with Gasteiger partial charge in [-0.3, -0.25) is 0 Å². The third-order valence-corrected chi connectivity index (χ3v) is 3.41. The molecule has 0 N–H and O–H groups in total. The molecule has 3 unspecified atom stereocenters. The molecule has 0 aromatic rings. The Morgan fingerprint density at radius 2 is 1.85 bits per heavy atom. The monoisotopic (exact) mass is 203 g/mol. The lowest BCUT2D eigenvalue weighted by Gasteiger charge is -2.40. The van der Waals surface area contributed by atoms with E-state index < -0.39 is 9.03 Å². The van der Waals surface area contributed by atoms with Gasteiger partial charge in [-0.05, 0) is 24.2 Å². The quantitative estimate of drug-likeness (QED) is 0.646. The van der Waals surface area contributed by atoms with Crippen LogP contribution in [-0.2, 0) is 4.52 Å². The fourth-order valence-electron chi connectivity index (χ4n) is 2.29. The van der Waals surface area contributed by atoms with Crippen LogP contribution in [0, 0.1) is 11.3 Å². The first-order valence-electron chi connectivity index (χ1n) is 5.08. The van der Waals surface area contributed by atoms with Crippen molar-refractivity contribution in [3.8, 4) is 0 Å². The highest BCUT2D eigenvalue weighted by atomic mass is 31.1. The lowest BCUT2D eigenvalue weighted by molar-refractivity contribution is -0.177. The molecule has 1 fully saturated rings. The van der Waals surface area contributed by atoms with Gasteiger partial charge in [0.2, 0.25) is 0 Å². The highest BCUT2D eigenvalue weighted by Gasteiger charge is 2.34. The van der Waals surface area contributed by atoms with E-state index in [2.05, 4.69) is 20.8 Å². The Hall–Kier alpha value is 0.350. The van der Waals surface area contributed by atoms with Gasteiger partial charge in [-0.2, -0.15) is 0 Å². The Morgan fingerprint density at radius 1 is 1.23 bits per heavy atom. The molecule has 13 heavy (non-hydrogen) atoms. The van der Waals surface area contributed by atoms with Gasteiger partial charge in [0.1, 0.15) is 0 Å². The summed E-state index contributed by atoms with van der Waals surface area (Å²) >= 11 is 0. The van der Waals surface area contributed by atoms with Crippen molar-refractivity contribution < 1.29 is 9.42 Å². The number of hydrogen-bond donors (Lipinski definition) is 0. The second-order valence-electron chi connectivity index (χ2n) is 5.00. The Labute approximate surface area is 83.0 Å². The highest BCUT2D eigenvalue weighted by Crippen LogP contribution is 2.40. The van der Waals surface area contributed by atoms with Crippen molar-refractivity contribution in [2.45, 2.75) is 52.6 Å². The molecule has 3 heteroatoms. The zero-order valence-electron chi connectivity index (χ0n) is 8.80. The normalized spacial score (nSPS) is 31.4.